The molecule has 0 bridgehead atoms. The van der Waals surface area contributed by atoms with Crippen LogP contribution in [0.5, 0.6) is 0 Å². The molecule has 3 aromatic rings. The number of hydrogen-bond acceptors (Lipinski definition) is 5. The van der Waals surface area contributed by atoms with E-state index in [0.717, 1.165) is 48.3 Å². The molecule has 6 nitrogen and oxygen atoms in total. The summed E-state index contributed by atoms with van der Waals surface area (Å²) < 4.78 is 11.7. The molecule has 34 heavy (non-hydrogen) atoms. The lowest BCUT2D eigenvalue weighted by atomic mass is 9.93. The van der Waals surface area contributed by atoms with Crippen LogP contribution >= 0.6 is 23.8 Å². The number of rotatable bonds is 6. The molecule has 1 fully saturated rings. The molecule has 0 saturated carbocycles. The lowest BCUT2D eigenvalue weighted by Gasteiger charge is -2.38. The predicted octanol–water partition coefficient (Wildman–Crippen LogP) is 5.79. The minimum Gasteiger partial charge on any atom is -0.376 e. The smallest absolute Gasteiger partial charge is 0.258 e. The second-order valence-electron chi connectivity index (χ2n) is 8.66. The van der Waals surface area contributed by atoms with Crippen LogP contribution in [0.2, 0.25) is 5.02 Å². The summed E-state index contributed by atoms with van der Waals surface area (Å²) in [5.41, 5.74) is 5.08. The van der Waals surface area contributed by atoms with Gasteiger partial charge in [-0.25, -0.2) is 0 Å². The number of aromatic nitrogens is 2. The third-order valence-electron chi connectivity index (χ3n) is 6.47. The maximum absolute atomic E-state index is 6.18. The molecule has 0 radical (unpaired) electrons. The summed E-state index contributed by atoms with van der Waals surface area (Å²) >= 11 is 12.0. The Morgan fingerprint density at radius 1 is 1.21 bits per heavy atom. The predicted molar refractivity (Wildman–Crippen MR) is 137 cm³/mol. The number of hydrogen-bond donors (Lipinski definition) is 1. The summed E-state index contributed by atoms with van der Waals surface area (Å²) in [4.78, 5) is 6.86. The van der Waals surface area contributed by atoms with Gasteiger partial charge in [0.25, 0.3) is 5.89 Å². The van der Waals surface area contributed by atoms with Crippen molar-refractivity contribution in [2.75, 3.05) is 13.2 Å². The van der Waals surface area contributed by atoms with Crippen molar-refractivity contribution < 1.29 is 9.26 Å². The molecular formula is C26H27ClN4O2S. The monoisotopic (exact) mass is 494 g/mol. The highest BCUT2D eigenvalue weighted by atomic mass is 35.5. The lowest BCUT2D eigenvalue weighted by Crippen LogP contribution is -2.48. The van der Waals surface area contributed by atoms with Crippen molar-refractivity contribution in [3.05, 3.63) is 76.3 Å². The number of aryl methyl sites for hydroxylation is 1. The second kappa shape index (κ2) is 9.86. The minimum atomic E-state index is -0.202. The van der Waals surface area contributed by atoms with Crippen LogP contribution in [0.25, 0.3) is 17.0 Å². The largest absolute Gasteiger partial charge is 0.376 e. The standard InChI is InChI=1S/C26H27ClN4O2S/c1-3-17-9-11-18(12-10-17)23-22(16(2)31(26(34)28-23)15-21-8-5-13-32-21)25-29-24(30-33-25)19-6-4-7-20(27)14-19/h4,6-7,9-12,14,21,23H,3,5,8,13,15H2,1-2H3,(H,28,34). The van der Waals surface area contributed by atoms with Crippen molar-refractivity contribution in [3.63, 3.8) is 0 Å². The van der Waals surface area contributed by atoms with Crippen molar-refractivity contribution in [2.24, 2.45) is 0 Å². The van der Waals surface area contributed by atoms with Gasteiger partial charge >= 0.3 is 0 Å². The molecule has 176 valence electrons. The molecule has 2 aromatic carbocycles. The van der Waals surface area contributed by atoms with E-state index in [9.17, 15) is 0 Å². The van der Waals surface area contributed by atoms with Gasteiger partial charge in [0.2, 0.25) is 5.82 Å². The Morgan fingerprint density at radius 2 is 2.03 bits per heavy atom. The highest BCUT2D eigenvalue weighted by molar-refractivity contribution is 7.80. The van der Waals surface area contributed by atoms with Crippen LogP contribution in [0.15, 0.2) is 58.8 Å². The van der Waals surface area contributed by atoms with E-state index in [2.05, 4.69) is 53.5 Å². The molecule has 1 N–H and O–H groups in total. The molecule has 2 aliphatic heterocycles. The first kappa shape index (κ1) is 23.0. The van der Waals surface area contributed by atoms with E-state index in [1.807, 2.05) is 24.3 Å². The SMILES string of the molecule is CCc1ccc(C2NC(=S)N(CC3CCCO3)C(C)=C2c2nc(-c3cccc(Cl)c3)no2)cc1. The summed E-state index contributed by atoms with van der Waals surface area (Å²) in [7, 11) is 0. The Bertz CT molecular complexity index is 1220. The van der Waals surface area contributed by atoms with Crippen LogP contribution in [0.1, 0.15) is 49.7 Å². The van der Waals surface area contributed by atoms with Gasteiger partial charge in [-0.1, -0.05) is 60.1 Å². The maximum atomic E-state index is 6.18. The van der Waals surface area contributed by atoms with Crippen LogP contribution in [-0.2, 0) is 11.2 Å². The molecule has 8 heteroatoms. The van der Waals surface area contributed by atoms with E-state index in [1.54, 1.807) is 0 Å². The first-order chi connectivity index (χ1) is 16.5. The number of ether oxygens (including phenoxy) is 1. The zero-order valence-electron chi connectivity index (χ0n) is 19.3. The van der Waals surface area contributed by atoms with Crippen molar-refractivity contribution in [1.29, 1.82) is 0 Å². The molecule has 0 aliphatic carbocycles. The van der Waals surface area contributed by atoms with Crippen LogP contribution in [-0.4, -0.2) is 39.4 Å². The molecule has 2 unspecified atom stereocenters. The molecule has 0 spiro atoms. The second-order valence-corrected chi connectivity index (χ2v) is 9.48. The topological polar surface area (TPSA) is 63.4 Å². The zero-order chi connectivity index (χ0) is 23.7. The fourth-order valence-corrected chi connectivity index (χ4v) is 5.06. The molecule has 2 atom stereocenters. The molecule has 1 aromatic heterocycles. The van der Waals surface area contributed by atoms with Crippen molar-refractivity contribution in [1.82, 2.24) is 20.4 Å². The van der Waals surface area contributed by atoms with Crippen LogP contribution in [0.3, 0.4) is 0 Å². The van der Waals surface area contributed by atoms with Gasteiger partial charge < -0.3 is 19.5 Å². The van der Waals surface area contributed by atoms with E-state index in [0.29, 0.717) is 28.4 Å². The lowest BCUT2D eigenvalue weighted by molar-refractivity contribution is 0.0962. The Balaban J connectivity index is 1.56. The number of nitrogens with one attached hydrogen (secondary N) is 1. The van der Waals surface area contributed by atoms with Gasteiger partial charge in [0.15, 0.2) is 5.11 Å². The van der Waals surface area contributed by atoms with Gasteiger partial charge in [0.1, 0.15) is 0 Å². The molecule has 5 rings (SSSR count). The first-order valence-electron chi connectivity index (χ1n) is 11.6. The van der Waals surface area contributed by atoms with Gasteiger partial charge in [-0.3, -0.25) is 0 Å². The van der Waals surface area contributed by atoms with Crippen molar-refractivity contribution >= 4 is 34.5 Å². The highest BCUT2D eigenvalue weighted by Gasteiger charge is 2.35. The number of thiocarbonyl (C=S) groups is 1. The average molecular weight is 495 g/mol. The Labute approximate surface area is 209 Å². The third kappa shape index (κ3) is 4.60. The zero-order valence-corrected chi connectivity index (χ0v) is 20.8. The third-order valence-corrected chi connectivity index (χ3v) is 7.04. The molecular weight excluding hydrogens is 468 g/mol. The summed E-state index contributed by atoms with van der Waals surface area (Å²) in [5, 5.41) is 9.09. The molecule has 2 aliphatic rings. The van der Waals surface area contributed by atoms with Crippen molar-refractivity contribution in [2.45, 2.75) is 45.3 Å². The van der Waals surface area contributed by atoms with E-state index in [1.165, 1.54) is 5.56 Å². The Hall–Kier alpha value is -2.74. The van der Waals surface area contributed by atoms with Gasteiger partial charge in [-0.05, 0) is 61.7 Å². The van der Waals surface area contributed by atoms with Crippen LogP contribution in [0, 0.1) is 0 Å². The number of benzene rings is 2. The minimum absolute atomic E-state index is 0.154. The summed E-state index contributed by atoms with van der Waals surface area (Å²) in [6.45, 7) is 5.71. The summed E-state index contributed by atoms with van der Waals surface area (Å²) in [5.74, 6) is 0.959. The first-order valence-corrected chi connectivity index (χ1v) is 12.4. The molecule has 1 saturated heterocycles. The summed E-state index contributed by atoms with van der Waals surface area (Å²) in [6, 6.07) is 15.8. The van der Waals surface area contributed by atoms with E-state index in [4.69, 9.17) is 38.1 Å². The molecule has 3 heterocycles. The molecule has 0 amide bonds. The van der Waals surface area contributed by atoms with Crippen molar-refractivity contribution in [3.8, 4) is 11.4 Å². The van der Waals surface area contributed by atoms with Gasteiger partial charge in [-0.15, -0.1) is 0 Å². The summed E-state index contributed by atoms with van der Waals surface area (Å²) in [6.07, 6.45) is 3.25. The Kier molecular flexibility index (Phi) is 6.68. The van der Waals surface area contributed by atoms with Gasteiger partial charge in [0.05, 0.1) is 24.3 Å². The number of halogens is 1. The number of nitrogens with zero attached hydrogens (tertiary/aromatic N) is 3. The van der Waals surface area contributed by atoms with Crippen LogP contribution in [0.4, 0.5) is 0 Å². The number of allylic oxidation sites excluding steroid dienone is 1. The fraction of sp³-hybridized carbons (Fsp3) is 0.346. The fourth-order valence-electron chi connectivity index (χ4n) is 4.54. The van der Waals surface area contributed by atoms with E-state index >= 15 is 0 Å². The van der Waals surface area contributed by atoms with Gasteiger partial charge in [0, 0.05) is 22.9 Å². The van der Waals surface area contributed by atoms with Crippen LogP contribution < -0.4 is 5.32 Å². The van der Waals surface area contributed by atoms with Gasteiger partial charge in [-0.2, -0.15) is 4.98 Å². The maximum Gasteiger partial charge on any atom is 0.258 e. The average Bonchev–Trinajstić information content (AvgIpc) is 3.54. The highest BCUT2D eigenvalue weighted by Crippen LogP contribution is 2.38. The Morgan fingerprint density at radius 3 is 2.74 bits per heavy atom. The normalized spacial score (nSPS) is 20.7. The van der Waals surface area contributed by atoms with E-state index < -0.39 is 0 Å². The quantitative estimate of drug-likeness (QED) is 0.435. The van der Waals surface area contributed by atoms with E-state index in [-0.39, 0.29) is 12.1 Å².